The second-order valence-electron chi connectivity index (χ2n) is 3.72. The Bertz CT molecular complexity index is 724. The minimum absolute atomic E-state index is 0.120. The zero-order valence-electron chi connectivity index (χ0n) is 10.0. The van der Waals surface area contributed by atoms with Gasteiger partial charge in [-0.25, -0.2) is 4.79 Å². The van der Waals surface area contributed by atoms with Gasteiger partial charge in [-0.05, 0) is 25.1 Å². The molecule has 1 aromatic carbocycles. The summed E-state index contributed by atoms with van der Waals surface area (Å²) in [5.41, 5.74) is -1.46. The Morgan fingerprint density at radius 2 is 2.05 bits per heavy atom. The van der Waals surface area contributed by atoms with Gasteiger partial charge in [0.05, 0.1) is 5.03 Å². The average molecular weight is 343 g/mol. The van der Waals surface area contributed by atoms with Crippen LogP contribution in [0, 0.1) is 0 Å². The van der Waals surface area contributed by atoms with Gasteiger partial charge in [0.1, 0.15) is 0 Å². The summed E-state index contributed by atoms with van der Waals surface area (Å²) in [6.45, 7) is 2.15. The third-order valence-electron chi connectivity index (χ3n) is 2.47. The highest BCUT2D eigenvalue weighted by molar-refractivity contribution is 9.10. The van der Waals surface area contributed by atoms with E-state index >= 15 is 0 Å². The van der Waals surface area contributed by atoms with Crippen LogP contribution >= 0.6 is 27.7 Å². The quantitative estimate of drug-likeness (QED) is 0.685. The molecule has 19 heavy (non-hydrogen) atoms. The summed E-state index contributed by atoms with van der Waals surface area (Å²) in [7, 11) is 0. The van der Waals surface area contributed by atoms with E-state index < -0.39 is 11.2 Å². The van der Waals surface area contributed by atoms with Crippen molar-refractivity contribution in [2.24, 2.45) is 0 Å². The van der Waals surface area contributed by atoms with E-state index in [4.69, 9.17) is 0 Å². The van der Waals surface area contributed by atoms with Gasteiger partial charge in [0.15, 0.2) is 0 Å². The second-order valence-corrected chi connectivity index (χ2v) is 5.73. The zero-order valence-corrected chi connectivity index (χ0v) is 12.4. The maximum atomic E-state index is 11.8. The van der Waals surface area contributed by atoms with E-state index in [-0.39, 0.29) is 4.73 Å². The summed E-state index contributed by atoms with van der Waals surface area (Å²) in [5.74, 6) is 0. The SMILES string of the molecule is CCn1c(Sc2cccc(Br)c2)cc(=O)n(O)c1=O. The first kappa shape index (κ1) is 14.0. The van der Waals surface area contributed by atoms with Gasteiger partial charge in [-0.3, -0.25) is 9.36 Å². The number of hydrogen-bond acceptors (Lipinski definition) is 4. The Morgan fingerprint density at radius 3 is 2.68 bits per heavy atom. The molecule has 0 unspecified atom stereocenters. The first-order valence-electron chi connectivity index (χ1n) is 5.52. The molecule has 100 valence electrons. The van der Waals surface area contributed by atoms with Gasteiger partial charge < -0.3 is 5.21 Å². The van der Waals surface area contributed by atoms with Gasteiger partial charge in [-0.1, -0.05) is 38.5 Å². The Labute approximate surface area is 121 Å². The summed E-state index contributed by atoms with van der Waals surface area (Å²) >= 11 is 4.66. The third-order valence-corrected chi connectivity index (χ3v) is 4.00. The minimum atomic E-state index is -0.729. The lowest BCUT2D eigenvalue weighted by Crippen LogP contribution is -2.38. The molecule has 1 N–H and O–H groups in total. The van der Waals surface area contributed by atoms with Crippen LogP contribution in [0.25, 0.3) is 0 Å². The minimum Gasteiger partial charge on any atom is -0.421 e. The maximum absolute atomic E-state index is 11.8. The van der Waals surface area contributed by atoms with Crippen LogP contribution in [0.4, 0.5) is 0 Å². The van der Waals surface area contributed by atoms with Crippen LogP contribution in [0.15, 0.2) is 54.3 Å². The number of hydrogen-bond donors (Lipinski definition) is 1. The monoisotopic (exact) mass is 342 g/mol. The summed E-state index contributed by atoms with van der Waals surface area (Å²) in [6, 6.07) is 8.78. The molecular formula is C12H11BrN2O3S. The van der Waals surface area contributed by atoms with Crippen LogP contribution in [0.2, 0.25) is 0 Å². The fraction of sp³-hybridized carbons (Fsp3) is 0.167. The smallest absolute Gasteiger partial charge is 0.365 e. The molecule has 0 fully saturated rings. The van der Waals surface area contributed by atoms with Gasteiger partial charge in [0, 0.05) is 22.0 Å². The van der Waals surface area contributed by atoms with Crippen LogP contribution < -0.4 is 11.2 Å². The molecule has 0 saturated carbocycles. The van der Waals surface area contributed by atoms with Gasteiger partial charge in [0.25, 0.3) is 5.56 Å². The molecule has 0 amide bonds. The molecule has 2 rings (SSSR count). The fourth-order valence-corrected chi connectivity index (χ4v) is 3.18. The molecule has 1 aromatic heterocycles. The van der Waals surface area contributed by atoms with E-state index in [1.807, 2.05) is 24.3 Å². The molecule has 0 atom stereocenters. The van der Waals surface area contributed by atoms with Crippen molar-refractivity contribution in [2.45, 2.75) is 23.4 Å². The molecule has 0 aliphatic rings. The molecule has 0 saturated heterocycles. The Balaban J connectivity index is 2.51. The van der Waals surface area contributed by atoms with Crippen LogP contribution in [-0.2, 0) is 6.54 Å². The highest BCUT2D eigenvalue weighted by atomic mass is 79.9. The van der Waals surface area contributed by atoms with Gasteiger partial charge >= 0.3 is 5.69 Å². The van der Waals surface area contributed by atoms with Crippen molar-refractivity contribution in [3.8, 4) is 0 Å². The van der Waals surface area contributed by atoms with Crippen molar-refractivity contribution in [1.82, 2.24) is 9.30 Å². The highest BCUT2D eigenvalue weighted by Gasteiger charge is 2.10. The third kappa shape index (κ3) is 2.93. The van der Waals surface area contributed by atoms with E-state index in [9.17, 15) is 14.8 Å². The van der Waals surface area contributed by atoms with E-state index in [2.05, 4.69) is 15.9 Å². The molecule has 5 nitrogen and oxygen atoms in total. The van der Waals surface area contributed by atoms with Crippen molar-refractivity contribution in [2.75, 3.05) is 0 Å². The highest BCUT2D eigenvalue weighted by Crippen LogP contribution is 2.27. The van der Waals surface area contributed by atoms with Gasteiger partial charge in [0.2, 0.25) is 0 Å². The van der Waals surface area contributed by atoms with Crippen LogP contribution in [0.1, 0.15) is 6.92 Å². The lowest BCUT2D eigenvalue weighted by molar-refractivity contribution is 0.152. The maximum Gasteiger partial charge on any atom is 0.365 e. The van der Waals surface area contributed by atoms with E-state index in [1.165, 1.54) is 22.4 Å². The summed E-state index contributed by atoms with van der Waals surface area (Å²) < 4.78 is 2.37. The molecule has 7 heteroatoms. The predicted octanol–water partition coefficient (Wildman–Crippen LogP) is 2.18. The molecular weight excluding hydrogens is 332 g/mol. The average Bonchev–Trinajstić information content (AvgIpc) is 2.37. The summed E-state index contributed by atoms with van der Waals surface area (Å²) in [4.78, 5) is 24.1. The molecule has 0 bridgehead atoms. The van der Waals surface area contributed by atoms with Crippen molar-refractivity contribution in [1.29, 1.82) is 0 Å². The van der Waals surface area contributed by atoms with Gasteiger partial charge in [-0.15, -0.1) is 0 Å². The Hall–Kier alpha value is -1.47. The van der Waals surface area contributed by atoms with Crippen molar-refractivity contribution in [3.05, 3.63) is 55.6 Å². The van der Waals surface area contributed by atoms with E-state index in [1.54, 1.807) is 6.92 Å². The molecule has 2 aromatic rings. The second kappa shape index (κ2) is 5.66. The lowest BCUT2D eigenvalue weighted by atomic mass is 10.4. The van der Waals surface area contributed by atoms with Crippen molar-refractivity contribution in [3.63, 3.8) is 0 Å². The first-order chi connectivity index (χ1) is 9.02. The number of nitrogens with zero attached hydrogens (tertiary/aromatic N) is 2. The van der Waals surface area contributed by atoms with E-state index in [0.29, 0.717) is 11.6 Å². The molecule has 0 aliphatic heterocycles. The zero-order chi connectivity index (χ0) is 14.0. The van der Waals surface area contributed by atoms with Crippen LogP contribution in [0.5, 0.6) is 0 Å². The summed E-state index contributed by atoms with van der Waals surface area (Å²) in [6.07, 6.45) is 0. The van der Waals surface area contributed by atoms with Crippen LogP contribution in [-0.4, -0.2) is 14.5 Å². The van der Waals surface area contributed by atoms with Gasteiger partial charge in [-0.2, -0.15) is 0 Å². The largest absolute Gasteiger partial charge is 0.421 e. The topological polar surface area (TPSA) is 64.2 Å². The fourth-order valence-electron chi connectivity index (χ4n) is 1.57. The Morgan fingerprint density at radius 1 is 1.32 bits per heavy atom. The summed E-state index contributed by atoms with van der Waals surface area (Å²) in [5, 5.41) is 9.81. The number of halogens is 1. The van der Waals surface area contributed by atoms with Crippen molar-refractivity contribution >= 4 is 27.7 Å². The number of aromatic nitrogens is 2. The first-order valence-corrected chi connectivity index (χ1v) is 7.13. The Kier molecular flexibility index (Phi) is 4.16. The molecule has 0 spiro atoms. The van der Waals surface area contributed by atoms with Crippen LogP contribution in [0.3, 0.4) is 0 Å². The molecule has 1 heterocycles. The van der Waals surface area contributed by atoms with Crippen molar-refractivity contribution < 1.29 is 5.21 Å². The number of benzene rings is 1. The predicted molar refractivity (Wildman–Crippen MR) is 76.1 cm³/mol. The molecule has 0 aliphatic carbocycles. The molecule has 0 radical (unpaired) electrons. The normalized spacial score (nSPS) is 10.6. The lowest BCUT2D eigenvalue weighted by Gasteiger charge is -2.10. The standard InChI is InChI=1S/C12H11BrN2O3S/c1-2-14-11(7-10(16)15(18)12(14)17)19-9-5-3-4-8(13)6-9/h3-7,18H,2H2,1H3. The number of rotatable bonds is 3. The van der Waals surface area contributed by atoms with E-state index in [0.717, 1.165) is 9.37 Å².